The fraction of sp³-hybridized carbons (Fsp3) is 0.269. The number of hydrogen-bond donors (Lipinski definition) is 0. The number of fused-ring (bicyclic) bond motifs is 1. The monoisotopic (exact) mass is 442 g/mol. The number of hydrazone groups is 1. The fourth-order valence-corrected chi connectivity index (χ4v) is 5.41. The number of nitrogens with zero attached hydrogens (tertiary/aromatic N) is 4. The number of imidazole rings is 1. The minimum atomic E-state index is -0.0554. The number of rotatable bonds is 5. The molecule has 1 fully saturated rings. The second-order valence-electron chi connectivity index (χ2n) is 8.27. The van der Waals surface area contributed by atoms with Gasteiger partial charge in [0.05, 0.1) is 17.5 Å². The summed E-state index contributed by atoms with van der Waals surface area (Å²) >= 11 is 1.46. The first-order chi connectivity index (χ1) is 15.7. The van der Waals surface area contributed by atoms with Gasteiger partial charge in [-0.3, -0.25) is 4.79 Å². The Morgan fingerprint density at radius 3 is 2.59 bits per heavy atom. The highest BCUT2D eigenvalue weighted by atomic mass is 32.2. The molecule has 32 heavy (non-hydrogen) atoms. The largest absolute Gasteiger partial charge is 0.329 e. The van der Waals surface area contributed by atoms with Crippen molar-refractivity contribution in [2.45, 2.75) is 30.5 Å². The molecule has 0 N–H and O–H groups in total. The Balaban J connectivity index is 1.47. The molecule has 2 aromatic carbocycles. The van der Waals surface area contributed by atoms with Crippen LogP contribution in [-0.4, -0.2) is 31.9 Å². The van der Waals surface area contributed by atoms with Crippen LogP contribution < -0.4 is 0 Å². The average molecular weight is 443 g/mol. The summed E-state index contributed by atoms with van der Waals surface area (Å²) in [5.41, 5.74) is 4.65. The average Bonchev–Trinajstić information content (AvgIpc) is 3.43. The lowest BCUT2D eigenvalue weighted by Gasteiger charge is -2.29. The van der Waals surface area contributed by atoms with E-state index >= 15 is 0 Å². The van der Waals surface area contributed by atoms with Crippen LogP contribution in [0.25, 0.3) is 6.08 Å². The van der Waals surface area contributed by atoms with Gasteiger partial charge < -0.3 is 4.57 Å². The van der Waals surface area contributed by atoms with Crippen LogP contribution in [0.2, 0.25) is 0 Å². The second-order valence-corrected chi connectivity index (χ2v) is 9.21. The van der Waals surface area contributed by atoms with Crippen molar-refractivity contribution in [2.75, 3.05) is 5.75 Å². The summed E-state index contributed by atoms with van der Waals surface area (Å²) in [6.45, 7) is 0. The van der Waals surface area contributed by atoms with E-state index in [4.69, 9.17) is 5.10 Å². The smallest absolute Gasteiger partial charge is 0.253 e. The van der Waals surface area contributed by atoms with E-state index in [0.29, 0.717) is 5.75 Å². The van der Waals surface area contributed by atoms with Crippen molar-refractivity contribution < 1.29 is 4.79 Å². The predicted molar refractivity (Wildman–Crippen MR) is 129 cm³/mol. The van der Waals surface area contributed by atoms with E-state index in [1.54, 1.807) is 11.2 Å². The van der Waals surface area contributed by atoms with Crippen LogP contribution in [0, 0.1) is 5.92 Å². The van der Waals surface area contributed by atoms with E-state index in [2.05, 4.69) is 47.5 Å². The molecule has 0 saturated heterocycles. The molecule has 162 valence electrons. The molecule has 0 radical (unpaired) electrons. The van der Waals surface area contributed by atoms with Crippen LogP contribution >= 0.6 is 11.8 Å². The number of benzene rings is 2. The molecule has 2 atom stereocenters. The highest BCUT2D eigenvalue weighted by Gasteiger charge is 2.43. The van der Waals surface area contributed by atoms with Gasteiger partial charge in [-0.1, -0.05) is 72.4 Å². The van der Waals surface area contributed by atoms with E-state index in [1.807, 2.05) is 42.1 Å². The first kappa shape index (κ1) is 20.8. The topological polar surface area (TPSA) is 50.5 Å². The maximum atomic E-state index is 13.4. The highest BCUT2D eigenvalue weighted by molar-refractivity contribution is 7.99. The molecule has 1 aromatic heterocycles. The Bertz CT molecular complexity index is 1150. The lowest BCUT2D eigenvalue weighted by Crippen LogP contribution is -2.32. The summed E-state index contributed by atoms with van der Waals surface area (Å²) < 4.78 is 1.93. The number of hydrogen-bond acceptors (Lipinski definition) is 4. The zero-order chi connectivity index (χ0) is 21.9. The van der Waals surface area contributed by atoms with Crippen LogP contribution in [0.5, 0.6) is 0 Å². The SMILES string of the molecule is Cn1ccnc1SCC(=O)N1N=C2/C(=C/c3ccccc3)CCCC2C1c1ccccc1. The lowest BCUT2D eigenvalue weighted by atomic mass is 9.77. The van der Waals surface area contributed by atoms with Crippen LogP contribution in [0.3, 0.4) is 0 Å². The van der Waals surface area contributed by atoms with Crippen molar-refractivity contribution in [1.82, 2.24) is 14.6 Å². The number of carbonyl (C=O) groups excluding carboxylic acids is 1. The van der Waals surface area contributed by atoms with E-state index in [9.17, 15) is 4.79 Å². The normalized spacial score (nSPS) is 21.5. The van der Waals surface area contributed by atoms with Crippen LogP contribution in [-0.2, 0) is 11.8 Å². The van der Waals surface area contributed by atoms with Crippen LogP contribution in [0.4, 0.5) is 0 Å². The quantitative estimate of drug-likeness (QED) is 0.502. The first-order valence-electron chi connectivity index (χ1n) is 11.0. The molecule has 1 aliphatic carbocycles. The Labute approximate surface area is 192 Å². The Morgan fingerprint density at radius 2 is 1.88 bits per heavy atom. The molecule has 1 aliphatic heterocycles. The molecule has 2 aliphatic rings. The van der Waals surface area contributed by atoms with Gasteiger partial charge in [0.15, 0.2) is 5.16 Å². The van der Waals surface area contributed by atoms with Gasteiger partial charge in [0, 0.05) is 25.4 Å². The molecular formula is C26H26N4OS. The molecule has 5 rings (SSSR count). The lowest BCUT2D eigenvalue weighted by molar-refractivity contribution is -0.130. The van der Waals surface area contributed by atoms with Crippen molar-refractivity contribution in [1.29, 1.82) is 0 Å². The minimum absolute atomic E-state index is 0.0211. The molecule has 1 amide bonds. The van der Waals surface area contributed by atoms with Gasteiger partial charge in [-0.05, 0) is 42.0 Å². The van der Waals surface area contributed by atoms with Gasteiger partial charge in [0.2, 0.25) is 0 Å². The van der Waals surface area contributed by atoms with Gasteiger partial charge in [-0.15, -0.1) is 0 Å². The van der Waals surface area contributed by atoms with Crippen molar-refractivity contribution in [3.63, 3.8) is 0 Å². The number of carbonyl (C=O) groups is 1. The third-order valence-corrected chi connectivity index (χ3v) is 7.18. The van der Waals surface area contributed by atoms with Gasteiger partial charge >= 0.3 is 0 Å². The second kappa shape index (κ2) is 9.17. The molecular weight excluding hydrogens is 416 g/mol. The van der Waals surface area contributed by atoms with Crippen molar-refractivity contribution in [3.8, 4) is 0 Å². The van der Waals surface area contributed by atoms with Gasteiger partial charge in [0.1, 0.15) is 0 Å². The minimum Gasteiger partial charge on any atom is -0.329 e. The number of thioether (sulfide) groups is 1. The summed E-state index contributed by atoms with van der Waals surface area (Å²) in [6.07, 6.45) is 9.03. The van der Waals surface area contributed by atoms with Crippen LogP contribution in [0.1, 0.15) is 36.4 Å². The summed E-state index contributed by atoms with van der Waals surface area (Å²) in [6, 6.07) is 20.7. The molecule has 2 unspecified atom stereocenters. The van der Waals surface area contributed by atoms with Gasteiger partial charge in [-0.25, -0.2) is 9.99 Å². The molecule has 3 aromatic rings. The Morgan fingerprint density at radius 1 is 1.12 bits per heavy atom. The van der Waals surface area contributed by atoms with Crippen molar-refractivity contribution in [3.05, 3.63) is 89.8 Å². The number of aryl methyl sites for hydroxylation is 1. The zero-order valence-electron chi connectivity index (χ0n) is 18.1. The predicted octanol–water partition coefficient (Wildman–Crippen LogP) is 5.34. The molecule has 6 heteroatoms. The van der Waals surface area contributed by atoms with E-state index in [-0.39, 0.29) is 17.9 Å². The standard InChI is InChI=1S/C26H26N4OS/c1-29-16-15-27-26(29)32-18-23(31)30-25(20-11-6-3-7-12-20)22-14-8-13-21(24(22)28-30)17-19-9-4-2-5-10-19/h2-7,9-12,15-17,22,25H,8,13-14,18H2,1H3/b21-17+. The van der Waals surface area contributed by atoms with E-state index in [0.717, 1.165) is 35.7 Å². The molecule has 5 nitrogen and oxygen atoms in total. The molecule has 0 bridgehead atoms. The van der Waals surface area contributed by atoms with E-state index in [1.165, 1.54) is 22.9 Å². The summed E-state index contributed by atoms with van der Waals surface area (Å²) in [5, 5.41) is 7.54. The summed E-state index contributed by atoms with van der Waals surface area (Å²) in [5.74, 6) is 0.561. The number of allylic oxidation sites excluding steroid dienone is 1. The van der Waals surface area contributed by atoms with Crippen molar-refractivity contribution in [2.24, 2.45) is 18.1 Å². The zero-order valence-corrected chi connectivity index (χ0v) is 18.9. The molecule has 1 saturated carbocycles. The Hall–Kier alpha value is -3.12. The molecule has 2 heterocycles. The Kier molecular flexibility index (Phi) is 5.95. The number of aromatic nitrogens is 2. The maximum absolute atomic E-state index is 13.4. The highest BCUT2D eigenvalue weighted by Crippen LogP contribution is 2.44. The fourth-order valence-electron chi connectivity index (χ4n) is 4.62. The molecule has 0 spiro atoms. The first-order valence-corrected chi connectivity index (χ1v) is 12.0. The third kappa shape index (κ3) is 4.15. The summed E-state index contributed by atoms with van der Waals surface area (Å²) in [7, 11) is 1.94. The van der Waals surface area contributed by atoms with Crippen LogP contribution in [0.15, 0.2) is 88.9 Å². The summed E-state index contributed by atoms with van der Waals surface area (Å²) in [4.78, 5) is 17.7. The third-order valence-electron chi connectivity index (χ3n) is 6.14. The maximum Gasteiger partial charge on any atom is 0.253 e. The number of amides is 1. The van der Waals surface area contributed by atoms with Crippen molar-refractivity contribution >= 4 is 29.5 Å². The van der Waals surface area contributed by atoms with E-state index < -0.39 is 0 Å². The van der Waals surface area contributed by atoms with Gasteiger partial charge in [-0.2, -0.15) is 5.10 Å². The van der Waals surface area contributed by atoms with Gasteiger partial charge in [0.25, 0.3) is 5.91 Å².